The van der Waals surface area contributed by atoms with Crippen LogP contribution in [0.2, 0.25) is 0 Å². The molecule has 19 rings (SSSR count). The molecule has 0 spiro atoms. The lowest BCUT2D eigenvalue weighted by molar-refractivity contribution is -0.183. The number of likely N-dealkylation sites (N-methyl/N-ethyl adjacent to an activating group) is 1. The molecule has 7 aromatic rings. The predicted octanol–water partition coefficient (Wildman–Crippen LogP) is 12.1. The third-order valence-electron chi connectivity index (χ3n) is 34.2. The number of benzene rings is 7. The van der Waals surface area contributed by atoms with Crippen molar-refractivity contribution in [2.75, 3.05) is 113 Å². The number of nitrogens with zero attached hydrogens (tertiary/aromatic N) is 7. The summed E-state index contributed by atoms with van der Waals surface area (Å²) in [5, 5.41) is 61.4. The molecule has 0 unspecified atom stereocenters. The summed E-state index contributed by atoms with van der Waals surface area (Å²) < 4.78 is 44.3. The van der Waals surface area contributed by atoms with Crippen molar-refractivity contribution >= 4 is 51.2 Å². The van der Waals surface area contributed by atoms with Crippen molar-refractivity contribution < 1.29 is 76.7 Å². The molecule has 0 radical (unpaired) electrons. The minimum Gasteiger partial charge on any atom is -0.496 e. The number of ether oxygens (including phenoxy) is 3. The van der Waals surface area contributed by atoms with Crippen LogP contribution in [0, 0.1) is 87.3 Å². The highest BCUT2D eigenvalue weighted by atomic mass is 32.2. The van der Waals surface area contributed by atoms with E-state index in [2.05, 4.69) is 133 Å². The highest BCUT2D eigenvalue weighted by molar-refractivity contribution is 7.88. The van der Waals surface area contributed by atoms with Crippen LogP contribution in [0.4, 0.5) is 11.4 Å². The molecule has 12 fully saturated rings. The van der Waals surface area contributed by atoms with E-state index in [1.807, 2.05) is 169 Å². The molecular weight excluding hydrogens is 1840 g/mol. The maximum atomic E-state index is 14.2. The number of fused-ring (bicyclic) bond motifs is 6. The van der Waals surface area contributed by atoms with Crippen LogP contribution in [0.25, 0.3) is 33.4 Å². The first-order valence-electron chi connectivity index (χ1n) is 51.6. The molecule has 7 aromatic carbocycles. The summed E-state index contributed by atoms with van der Waals surface area (Å²) in [6, 6.07) is 45.4. The summed E-state index contributed by atoms with van der Waals surface area (Å²) in [7, 11) is 15.2. The van der Waals surface area contributed by atoms with Crippen LogP contribution >= 0.6 is 0 Å². The number of hydrogen-bond acceptors (Lipinski definition) is 25. The van der Waals surface area contributed by atoms with Gasteiger partial charge in [-0.1, -0.05) is 159 Å². The summed E-state index contributed by atoms with van der Waals surface area (Å²) in [4.78, 5) is 85.4. The van der Waals surface area contributed by atoms with E-state index >= 15 is 0 Å². The molecule has 13 N–H and O–H groups in total. The molecule has 12 aliphatic rings. The van der Waals surface area contributed by atoms with Crippen LogP contribution in [-0.2, 0) is 71.5 Å². The second-order valence-electron chi connectivity index (χ2n) is 45.0. The zero-order chi connectivity index (χ0) is 104. The van der Waals surface area contributed by atoms with Gasteiger partial charge in [0, 0.05) is 160 Å². The first-order valence-corrected chi connectivity index (χ1v) is 53.5. The van der Waals surface area contributed by atoms with Gasteiger partial charge in [-0.2, -0.15) is 15.2 Å². The van der Waals surface area contributed by atoms with Gasteiger partial charge in [0.2, 0.25) is 27.7 Å². The van der Waals surface area contributed by atoms with Crippen molar-refractivity contribution in [2.45, 2.75) is 233 Å². The fraction of sp³-hybridized carbons (Fsp3) is 0.584. The van der Waals surface area contributed by atoms with Gasteiger partial charge in [-0.3, -0.25) is 38.7 Å². The monoisotopic (exact) mass is 2000 g/mol. The van der Waals surface area contributed by atoms with Gasteiger partial charge in [0.1, 0.15) is 41.5 Å². The number of carbonyl (C=O) groups is 4. The Morgan fingerprint density at radius 1 is 0.507 bits per heavy atom. The highest BCUT2D eigenvalue weighted by Gasteiger charge is 2.62. The molecule has 9 aliphatic carbocycles. The first-order chi connectivity index (χ1) is 68.3. The third kappa shape index (κ3) is 23.6. The fourth-order valence-corrected chi connectivity index (χ4v) is 26.3. The molecule has 9 saturated carbocycles. The fourth-order valence-electron chi connectivity index (χ4n) is 25.9. The van der Waals surface area contributed by atoms with Crippen LogP contribution in [0.5, 0.6) is 17.2 Å². The number of carbonyl (C=O) groups excluding carboxylic acids is 4. The van der Waals surface area contributed by atoms with Gasteiger partial charge in [-0.25, -0.2) is 13.1 Å². The summed E-state index contributed by atoms with van der Waals surface area (Å²) in [6.07, 6.45) is 5.98. The summed E-state index contributed by atoms with van der Waals surface area (Å²) >= 11 is 0. The maximum absolute atomic E-state index is 14.2. The second kappa shape index (κ2) is 46.1. The molecule has 3 aliphatic heterocycles. The first kappa shape index (κ1) is 110. The minimum atomic E-state index is -3.38. The number of nitrogens with one attached hydrogen (secondary N) is 5. The number of aliphatic hydroxyl groups is 4. The van der Waals surface area contributed by atoms with E-state index in [0.717, 1.165) is 104 Å². The largest absolute Gasteiger partial charge is 0.496 e. The quantitative estimate of drug-likeness (QED) is 0.0163. The number of anilines is 2. The van der Waals surface area contributed by atoms with Gasteiger partial charge >= 0.3 is 0 Å². The van der Waals surface area contributed by atoms with E-state index in [4.69, 9.17) is 40.2 Å². The Balaban J connectivity index is 0.000000172. The van der Waals surface area contributed by atoms with Crippen LogP contribution < -0.4 is 61.5 Å². The zero-order valence-electron chi connectivity index (χ0n) is 88.9. The number of nitrogens with two attached hydrogens (primary N) is 2. The average Bonchev–Trinajstić information content (AvgIpc) is 1.04. The Hall–Kier alpha value is -9.52. The number of aliphatic imine (C=N–C) groups is 1. The number of rotatable bonds is 36. The van der Waals surface area contributed by atoms with Crippen LogP contribution in [0.3, 0.4) is 0 Å². The molecule has 4 amide bonds. The molecule has 31 heteroatoms. The molecule has 6 bridgehead atoms. The van der Waals surface area contributed by atoms with E-state index < -0.39 is 82.5 Å². The molecule has 144 heavy (non-hydrogen) atoms. The van der Waals surface area contributed by atoms with Crippen molar-refractivity contribution in [3.8, 4) is 50.6 Å². The molecule has 30 nitrogen and oxygen atoms in total. The molecule has 786 valence electrons. The maximum Gasteiger partial charge on any atom is 0.251 e. The normalized spacial score (nSPS) is 28.9. The van der Waals surface area contributed by atoms with Crippen molar-refractivity contribution in [1.29, 1.82) is 0 Å². The lowest BCUT2D eigenvalue weighted by Crippen LogP contribution is -2.62. The number of aliphatic hydroxyl groups excluding tert-OH is 4. The Bertz CT molecular complexity index is 5760. The third-order valence-corrected chi connectivity index (χ3v) is 34.9. The number of hydrogen-bond donors (Lipinski definition) is 11. The average molecular weight is 2000 g/mol. The lowest BCUT2D eigenvalue weighted by Gasteiger charge is -2.62. The van der Waals surface area contributed by atoms with Gasteiger partial charge in [0.05, 0.1) is 84.3 Å². The van der Waals surface area contributed by atoms with Crippen LogP contribution in [-0.4, -0.2) is 261 Å². The van der Waals surface area contributed by atoms with Gasteiger partial charge < -0.3 is 82.1 Å². The van der Waals surface area contributed by atoms with Gasteiger partial charge in [0.15, 0.2) is 0 Å². The van der Waals surface area contributed by atoms with Crippen LogP contribution in [0.1, 0.15) is 165 Å². The van der Waals surface area contributed by atoms with Crippen LogP contribution in [0.15, 0.2) is 151 Å². The number of para-hydroxylation sites is 3. The van der Waals surface area contributed by atoms with Gasteiger partial charge in [-0.05, 0) is 231 Å². The molecule has 3 saturated heterocycles. The van der Waals surface area contributed by atoms with Gasteiger partial charge in [0.25, 0.3) is 5.91 Å². The summed E-state index contributed by atoms with van der Waals surface area (Å²) in [6.45, 7) is 27.5. The minimum absolute atomic E-state index is 0.0443. The summed E-state index contributed by atoms with van der Waals surface area (Å²) in [5.74, 6) is 4.30. The summed E-state index contributed by atoms with van der Waals surface area (Å²) in [5.41, 5.74) is 26.3. The topological polar surface area (TPSA) is 383 Å². The zero-order valence-corrected chi connectivity index (χ0v) is 89.7. The van der Waals surface area contributed by atoms with Gasteiger partial charge in [-0.15, -0.1) is 0 Å². The molecule has 0 aromatic heterocycles. The number of methoxy groups -OCH3 is 3. The molecule has 3 heterocycles. The molecule has 25 atom stereocenters. The highest BCUT2D eigenvalue weighted by Crippen LogP contribution is 2.64. The van der Waals surface area contributed by atoms with E-state index in [-0.39, 0.29) is 92.5 Å². The molecular formula is C113H162N14O16S. The van der Waals surface area contributed by atoms with Crippen molar-refractivity contribution in [2.24, 2.45) is 104 Å². The van der Waals surface area contributed by atoms with E-state index in [1.165, 1.54) is 19.3 Å². The van der Waals surface area contributed by atoms with E-state index in [1.54, 1.807) is 64.3 Å². The number of hydroxylamine groups is 6. The standard InChI is InChI=1S/C43H58N4O6.C35H53N5O6S.C35H51N5O4/c1-26-35-21-32(43(35,3)4)22-36(26)45-42(51)39-38(27(2)49)37(25-48)53-47(39)23-31-17-12-18-34(40(31)52-7)29-15-11-16-30(20-29)41(50)44-33(24-46(5)6)19-28-13-9-8-10-14-28;1-20-28-15-25(35(28,3)4)16-29(20)38-34(42)32-31(21(2)41)30(17-36)46-40(32)19-23-10-9-11-27(33(23)45-7)24-12-22(18-37-47(8,43)44)13-26(14-24)39(5)6;1-20-28-15-25(35(28,3)4)16-29(20)38-34(42)32-31(21(2)41)30(17-36)44-40(32)19-23-10-9-11-27(33(23)43-8)24-12-22(18-37-5)13-26(14-24)39(6)7/h8-18,20,26-27,32-33,35-39,48-49H,19,21-25H2,1-7H3,(H,44,50)(H,45,51);9-14,20-21,25,28-32,37,41H,15-19,36H2,1-8H3,(H,38,42);9-14,18,20-21,25,28-32,41H,15-17,19,36H2,1-8H3,(H,38,42)/t26-,27-,32+,33+,35-,36+,37-,38+,39-;20-,21-,25+,28-,29-,30-,31-,32-;20-,21-,25+,28-,29+,30-,31+,32-/m000/s1. The Morgan fingerprint density at radius 2 is 0.896 bits per heavy atom. The SMILES string of the molecule is CN=Cc1cc(-c2cccc(CN3O[C@@H](CN)[C@@H]([C@H](C)O)[C@H]3C(=O)N[C@@H]3C[C@H]4C[C@@H]([C@@H]3C)C4(C)C)c2OC)cc(N(C)C)c1.COc1c(CN2O[C@@H](CN)[C@H]([C@H](C)O)[C@H]2C(=O)N[C@H]2C[C@H]3C[C@@H]([C@@H]2C)C3(C)C)cccc1-c1cc(CNS(C)(=O)=O)cc(N(C)C)c1.COc1c(CN2O[C@@H](CO)[C@@H]([C@H](C)O)[C@H]2C(=O)N[C@@H]2C[C@H]3C[C@@H]([C@@H]2C)C3(C)C)cccc1-c1cccc(C(=O)N[C@H](Cc2ccccc2)CN(C)C)c1. The Kier molecular flexibility index (Phi) is 35.3. The predicted molar refractivity (Wildman–Crippen MR) is 566 cm³/mol. The Labute approximate surface area is 854 Å². The van der Waals surface area contributed by atoms with Crippen molar-refractivity contribution in [3.05, 3.63) is 185 Å². The van der Waals surface area contributed by atoms with E-state index in [9.17, 15) is 48.0 Å². The smallest absolute Gasteiger partial charge is 0.251 e. The number of amides is 4. The van der Waals surface area contributed by atoms with E-state index in [0.29, 0.717) is 106 Å². The number of sulfonamides is 1. The Morgan fingerprint density at radius 3 is 1.26 bits per heavy atom. The lowest BCUT2D eigenvalue weighted by atomic mass is 9.45. The second-order valence-corrected chi connectivity index (χ2v) is 46.8. The van der Waals surface area contributed by atoms with Crippen molar-refractivity contribution in [1.82, 2.24) is 46.1 Å². The van der Waals surface area contributed by atoms with Crippen molar-refractivity contribution in [3.63, 3.8) is 0 Å².